The van der Waals surface area contributed by atoms with E-state index >= 15 is 0 Å². The second-order valence-corrected chi connectivity index (χ2v) is 2.84. The molecule has 1 aromatic rings. The van der Waals surface area contributed by atoms with Gasteiger partial charge in [0, 0.05) is 6.20 Å². The number of carbonyl (C=O) groups excluding carboxylic acids is 1. The molecular weight excluding hydrogens is 233 g/mol. The number of halogens is 4. The topological polar surface area (TPSA) is 53.8 Å². The molecule has 0 aliphatic heterocycles. The Morgan fingerprint density at radius 2 is 2.13 bits per heavy atom. The molecule has 0 saturated heterocycles. The minimum Gasteiger partial charge on any atom is -0.274 e. The zero-order chi connectivity index (χ0) is 11.6. The summed E-state index contributed by atoms with van der Waals surface area (Å²) in [6.45, 7) is 0. The Morgan fingerprint density at radius 1 is 1.53 bits per heavy atom. The molecule has 0 atom stereocenters. The molecule has 1 aromatic heterocycles. The largest absolute Gasteiger partial charge is 0.419 e. The van der Waals surface area contributed by atoms with Crippen LogP contribution in [0.1, 0.15) is 21.6 Å². The number of aromatic nitrogens is 1. The molecule has 0 aliphatic carbocycles. The fraction of sp³-hybridized carbons (Fsp3) is 0.125. The highest BCUT2D eigenvalue weighted by Crippen LogP contribution is 2.31. The van der Waals surface area contributed by atoms with Crippen molar-refractivity contribution in [2.75, 3.05) is 0 Å². The number of hydrogen-bond donors (Lipinski definition) is 0. The number of carbonyl (C=O) groups is 1. The molecule has 0 amide bonds. The van der Waals surface area contributed by atoms with Crippen molar-refractivity contribution in [3.63, 3.8) is 0 Å². The second kappa shape index (κ2) is 3.87. The summed E-state index contributed by atoms with van der Waals surface area (Å²) >= 11 is 5.01. The molecule has 7 heteroatoms. The van der Waals surface area contributed by atoms with Crippen molar-refractivity contribution in [1.29, 1.82) is 5.26 Å². The summed E-state index contributed by atoms with van der Waals surface area (Å²) in [5.74, 6) is 0. The van der Waals surface area contributed by atoms with Gasteiger partial charge in [-0.25, -0.2) is 0 Å². The number of pyridine rings is 1. The van der Waals surface area contributed by atoms with Gasteiger partial charge >= 0.3 is 6.18 Å². The van der Waals surface area contributed by atoms with Crippen LogP contribution in [0.3, 0.4) is 0 Å². The van der Waals surface area contributed by atoms with Crippen molar-refractivity contribution in [3.8, 4) is 6.07 Å². The average Bonchev–Trinajstić information content (AvgIpc) is 2.15. The Bertz CT molecular complexity index is 450. The van der Waals surface area contributed by atoms with Crippen LogP contribution in [0.4, 0.5) is 13.2 Å². The van der Waals surface area contributed by atoms with Crippen LogP contribution in [0.2, 0.25) is 0 Å². The summed E-state index contributed by atoms with van der Waals surface area (Å²) < 4.78 is 36.8. The van der Waals surface area contributed by atoms with E-state index in [-0.39, 0.29) is 5.69 Å². The Balaban J connectivity index is 3.36. The Morgan fingerprint density at radius 3 is 2.53 bits per heavy atom. The van der Waals surface area contributed by atoms with Gasteiger partial charge in [0.15, 0.2) is 0 Å². The average molecular weight is 235 g/mol. The molecule has 0 unspecified atom stereocenters. The molecular formula is C8H2ClF3N2O. The quantitative estimate of drug-likeness (QED) is 0.701. The van der Waals surface area contributed by atoms with E-state index < -0.39 is 22.5 Å². The van der Waals surface area contributed by atoms with Crippen LogP contribution in [0.25, 0.3) is 0 Å². The maximum absolute atomic E-state index is 12.3. The molecule has 0 aromatic carbocycles. The zero-order valence-electron chi connectivity index (χ0n) is 6.97. The highest BCUT2D eigenvalue weighted by atomic mass is 35.5. The van der Waals surface area contributed by atoms with Gasteiger partial charge < -0.3 is 0 Å². The molecule has 1 rings (SSSR count). The third kappa shape index (κ3) is 2.44. The maximum atomic E-state index is 12.3. The van der Waals surface area contributed by atoms with Crippen LogP contribution in [0.15, 0.2) is 12.3 Å². The van der Waals surface area contributed by atoms with Crippen LogP contribution >= 0.6 is 11.6 Å². The monoisotopic (exact) mass is 234 g/mol. The van der Waals surface area contributed by atoms with Gasteiger partial charge in [0.1, 0.15) is 5.69 Å². The number of alkyl halides is 3. The lowest BCUT2D eigenvalue weighted by Crippen LogP contribution is -2.10. The summed E-state index contributed by atoms with van der Waals surface area (Å²) in [5.41, 5.74) is -2.26. The first-order valence-corrected chi connectivity index (χ1v) is 3.91. The molecule has 0 spiro atoms. The van der Waals surface area contributed by atoms with Gasteiger partial charge in [-0.15, -0.1) is 0 Å². The van der Waals surface area contributed by atoms with Crippen molar-refractivity contribution in [2.45, 2.75) is 6.18 Å². The molecule has 0 radical (unpaired) electrons. The van der Waals surface area contributed by atoms with Crippen LogP contribution in [-0.4, -0.2) is 10.2 Å². The van der Waals surface area contributed by atoms with Gasteiger partial charge in [-0.2, -0.15) is 18.4 Å². The van der Waals surface area contributed by atoms with Crippen molar-refractivity contribution in [1.82, 2.24) is 4.98 Å². The smallest absolute Gasteiger partial charge is 0.274 e. The first-order valence-electron chi connectivity index (χ1n) is 3.53. The number of rotatable bonds is 1. The highest BCUT2D eigenvalue weighted by Gasteiger charge is 2.34. The third-order valence-corrected chi connectivity index (χ3v) is 1.72. The first-order chi connectivity index (χ1) is 6.86. The van der Waals surface area contributed by atoms with Crippen LogP contribution in [0.5, 0.6) is 0 Å². The SMILES string of the molecule is N#Cc1cc(C(=O)Cl)ncc1C(F)(F)F. The highest BCUT2D eigenvalue weighted by molar-refractivity contribution is 6.67. The predicted octanol–water partition coefficient (Wildman–Crippen LogP) is 2.35. The van der Waals surface area contributed by atoms with E-state index in [0.29, 0.717) is 12.3 Å². The zero-order valence-corrected chi connectivity index (χ0v) is 7.73. The number of nitriles is 1. The predicted molar refractivity (Wildman–Crippen MR) is 44.1 cm³/mol. The van der Waals surface area contributed by atoms with Crippen LogP contribution in [-0.2, 0) is 6.18 Å². The van der Waals surface area contributed by atoms with E-state index in [2.05, 4.69) is 4.98 Å². The lowest BCUT2D eigenvalue weighted by atomic mass is 10.1. The van der Waals surface area contributed by atoms with Crippen LogP contribution < -0.4 is 0 Å². The minimum absolute atomic E-state index is 0.388. The van der Waals surface area contributed by atoms with Gasteiger partial charge in [-0.1, -0.05) is 0 Å². The maximum Gasteiger partial charge on any atom is 0.419 e. The number of hydrogen-bond acceptors (Lipinski definition) is 3. The summed E-state index contributed by atoms with van der Waals surface area (Å²) in [6, 6.07) is 2.03. The van der Waals surface area contributed by atoms with Gasteiger partial charge in [0.2, 0.25) is 0 Å². The van der Waals surface area contributed by atoms with E-state index in [1.54, 1.807) is 0 Å². The van der Waals surface area contributed by atoms with E-state index in [0.717, 1.165) is 0 Å². The molecule has 0 N–H and O–H groups in total. The van der Waals surface area contributed by atoms with Gasteiger partial charge in [-0.05, 0) is 17.7 Å². The second-order valence-electron chi connectivity index (χ2n) is 2.50. The Labute approximate surface area is 87.1 Å². The fourth-order valence-corrected chi connectivity index (χ4v) is 0.985. The van der Waals surface area contributed by atoms with Gasteiger partial charge in [0.05, 0.1) is 17.2 Å². The van der Waals surface area contributed by atoms with E-state index in [1.807, 2.05) is 0 Å². The molecule has 1 heterocycles. The van der Waals surface area contributed by atoms with E-state index in [4.69, 9.17) is 16.9 Å². The van der Waals surface area contributed by atoms with Crippen molar-refractivity contribution in [2.24, 2.45) is 0 Å². The third-order valence-electron chi connectivity index (χ3n) is 1.53. The minimum atomic E-state index is -4.67. The van der Waals surface area contributed by atoms with Gasteiger partial charge in [0.25, 0.3) is 5.24 Å². The van der Waals surface area contributed by atoms with E-state index in [9.17, 15) is 18.0 Å². The van der Waals surface area contributed by atoms with Crippen molar-refractivity contribution >= 4 is 16.8 Å². The van der Waals surface area contributed by atoms with E-state index in [1.165, 1.54) is 6.07 Å². The molecule has 0 saturated carbocycles. The molecule has 0 aliphatic rings. The molecule has 0 bridgehead atoms. The molecule has 78 valence electrons. The Hall–Kier alpha value is -1.61. The van der Waals surface area contributed by atoms with Crippen LogP contribution in [0, 0.1) is 11.3 Å². The summed E-state index contributed by atoms with van der Waals surface area (Å²) in [4.78, 5) is 13.8. The number of nitrogens with zero attached hydrogens (tertiary/aromatic N) is 2. The summed E-state index contributed by atoms with van der Waals surface area (Å²) in [7, 11) is 0. The molecule has 15 heavy (non-hydrogen) atoms. The Kier molecular flexibility index (Phi) is 2.95. The normalized spacial score (nSPS) is 10.9. The van der Waals surface area contributed by atoms with Gasteiger partial charge in [-0.3, -0.25) is 9.78 Å². The van der Waals surface area contributed by atoms with Crippen molar-refractivity contribution < 1.29 is 18.0 Å². The first kappa shape index (κ1) is 11.5. The summed E-state index contributed by atoms with van der Waals surface area (Å²) in [5, 5.41) is 7.44. The molecule has 0 fully saturated rings. The fourth-order valence-electron chi connectivity index (χ4n) is 0.881. The standard InChI is InChI=1S/C8H2ClF3N2O/c9-7(15)6-1-4(2-13)5(3-14-6)8(10,11)12/h1,3H. The lowest BCUT2D eigenvalue weighted by molar-refractivity contribution is -0.138. The summed E-state index contributed by atoms with van der Waals surface area (Å²) in [6.07, 6.45) is -4.26. The van der Waals surface area contributed by atoms with Crippen molar-refractivity contribution in [3.05, 3.63) is 29.1 Å². The molecule has 3 nitrogen and oxygen atoms in total. The lowest BCUT2D eigenvalue weighted by Gasteiger charge is -2.07.